The van der Waals surface area contributed by atoms with Gasteiger partial charge in [0.05, 0.1) is 0 Å². The normalized spacial score (nSPS) is 28.3. The van der Waals surface area contributed by atoms with Gasteiger partial charge in [0.15, 0.2) is 0 Å². The molecule has 148 valence electrons. The number of phenols is 1. The van der Waals surface area contributed by atoms with E-state index in [0.29, 0.717) is 24.1 Å². The van der Waals surface area contributed by atoms with E-state index in [1.54, 1.807) is 13.0 Å². The van der Waals surface area contributed by atoms with E-state index < -0.39 is 11.9 Å². The Labute approximate surface area is 161 Å². The van der Waals surface area contributed by atoms with E-state index >= 15 is 0 Å². The first-order valence-electron chi connectivity index (χ1n) is 9.86. The van der Waals surface area contributed by atoms with Gasteiger partial charge in [-0.05, 0) is 75.4 Å². The summed E-state index contributed by atoms with van der Waals surface area (Å²) in [5.41, 5.74) is 7.77. The van der Waals surface area contributed by atoms with Crippen LogP contribution in [0.5, 0.6) is 5.75 Å². The maximum absolute atomic E-state index is 12.1. The van der Waals surface area contributed by atoms with Crippen LogP contribution in [0.25, 0.3) is 0 Å². The number of aromatic hydroxyl groups is 1. The van der Waals surface area contributed by atoms with Crippen molar-refractivity contribution < 1.29 is 14.7 Å². The first-order valence-corrected chi connectivity index (χ1v) is 9.86. The lowest BCUT2D eigenvalue weighted by Crippen LogP contribution is -2.57. The molecular weight excluding hydrogens is 342 g/mol. The predicted octanol–water partition coefficient (Wildman–Crippen LogP) is 1.69. The lowest BCUT2D eigenvalue weighted by atomic mass is 9.56. The Bertz CT molecular complexity index is 735. The van der Waals surface area contributed by atoms with E-state index in [4.69, 9.17) is 5.73 Å². The highest BCUT2D eigenvalue weighted by molar-refractivity contribution is 5.86. The van der Waals surface area contributed by atoms with Gasteiger partial charge in [-0.1, -0.05) is 13.0 Å². The summed E-state index contributed by atoms with van der Waals surface area (Å²) in [6, 6.07) is 5.60. The molecule has 27 heavy (non-hydrogen) atoms. The summed E-state index contributed by atoms with van der Waals surface area (Å²) in [4.78, 5) is 25.7. The minimum atomic E-state index is -0.644. The van der Waals surface area contributed by atoms with Crippen LogP contribution in [0.3, 0.4) is 0 Å². The minimum absolute atomic E-state index is 0.0148. The molecule has 1 saturated heterocycles. The van der Waals surface area contributed by atoms with Crippen molar-refractivity contribution in [2.24, 2.45) is 11.7 Å². The number of benzene rings is 1. The highest BCUT2D eigenvalue weighted by atomic mass is 16.3. The molecule has 2 aliphatic rings. The fourth-order valence-electron chi connectivity index (χ4n) is 5.10. The zero-order valence-electron chi connectivity index (χ0n) is 16.5. The number of carbonyl (C=O) groups is 2. The molecule has 0 unspecified atom stereocenters. The van der Waals surface area contributed by atoms with Crippen LogP contribution in [-0.2, 0) is 21.4 Å². The second-order valence-corrected chi connectivity index (χ2v) is 8.33. The average Bonchev–Trinajstić information content (AvgIpc) is 2.60. The van der Waals surface area contributed by atoms with Gasteiger partial charge in [0, 0.05) is 17.9 Å². The van der Waals surface area contributed by atoms with Crippen molar-refractivity contribution in [3.63, 3.8) is 0 Å². The summed E-state index contributed by atoms with van der Waals surface area (Å²) in [7, 11) is 2.19. The van der Waals surface area contributed by atoms with Crippen molar-refractivity contribution in [3.8, 4) is 5.75 Å². The summed E-state index contributed by atoms with van der Waals surface area (Å²) < 4.78 is 0. The molecule has 0 spiro atoms. The number of likely N-dealkylation sites (tertiary alicyclic amines) is 1. The molecule has 6 heteroatoms. The molecule has 4 N–H and O–H groups in total. The Hall–Kier alpha value is -2.08. The smallest absolute Gasteiger partial charge is 0.239 e. The fourth-order valence-corrected chi connectivity index (χ4v) is 5.10. The summed E-state index contributed by atoms with van der Waals surface area (Å²) >= 11 is 0. The summed E-state index contributed by atoms with van der Waals surface area (Å²) in [5, 5.41) is 12.7. The van der Waals surface area contributed by atoms with Gasteiger partial charge in [-0.25, -0.2) is 0 Å². The van der Waals surface area contributed by atoms with E-state index in [2.05, 4.69) is 30.3 Å². The number of nitrogens with one attached hydrogen (secondary N) is 1. The zero-order valence-corrected chi connectivity index (χ0v) is 16.5. The minimum Gasteiger partial charge on any atom is -0.508 e. The first kappa shape index (κ1) is 19.7. The average molecular weight is 373 g/mol. The van der Waals surface area contributed by atoms with Crippen molar-refractivity contribution in [1.82, 2.24) is 10.2 Å². The number of hydrogen-bond acceptors (Lipinski definition) is 4. The molecule has 0 radical (unpaired) electrons. The topological polar surface area (TPSA) is 95.7 Å². The molecule has 1 aromatic carbocycles. The first-order chi connectivity index (χ1) is 12.7. The van der Waals surface area contributed by atoms with Gasteiger partial charge in [-0.2, -0.15) is 0 Å². The van der Waals surface area contributed by atoms with Crippen LogP contribution < -0.4 is 11.1 Å². The molecule has 0 saturated carbocycles. The Morgan fingerprint density at radius 1 is 1.44 bits per heavy atom. The maximum Gasteiger partial charge on any atom is 0.239 e. The van der Waals surface area contributed by atoms with E-state index in [9.17, 15) is 14.7 Å². The lowest BCUT2D eigenvalue weighted by Gasteiger charge is -2.55. The third-order valence-electron chi connectivity index (χ3n) is 6.82. The number of rotatable bonds is 6. The van der Waals surface area contributed by atoms with Gasteiger partial charge < -0.3 is 21.1 Å². The van der Waals surface area contributed by atoms with E-state index in [0.717, 1.165) is 32.2 Å². The van der Waals surface area contributed by atoms with Gasteiger partial charge >= 0.3 is 0 Å². The fraction of sp³-hybridized carbons (Fsp3) is 0.619. The number of hydrogen-bond donors (Lipinski definition) is 3. The number of piperidine rings is 1. The second-order valence-electron chi connectivity index (χ2n) is 8.33. The summed E-state index contributed by atoms with van der Waals surface area (Å²) in [6.07, 6.45) is 4.05. The molecule has 2 bridgehead atoms. The van der Waals surface area contributed by atoms with Crippen LogP contribution >= 0.6 is 0 Å². The number of fused-ring (bicyclic) bond motifs is 4. The molecule has 1 heterocycles. The molecule has 1 aliphatic carbocycles. The maximum atomic E-state index is 12.1. The molecule has 1 fully saturated rings. The molecule has 6 nitrogen and oxygen atoms in total. The Morgan fingerprint density at radius 2 is 2.19 bits per heavy atom. The highest BCUT2D eigenvalue weighted by Crippen LogP contribution is 2.51. The van der Waals surface area contributed by atoms with Crippen molar-refractivity contribution in [1.29, 1.82) is 0 Å². The number of nitrogens with zero attached hydrogens (tertiary/aromatic N) is 1. The van der Waals surface area contributed by atoms with E-state index in [-0.39, 0.29) is 11.3 Å². The summed E-state index contributed by atoms with van der Waals surface area (Å²) in [5.74, 6) is 0.107. The van der Waals surface area contributed by atoms with Crippen LogP contribution in [0.15, 0.2) is 18.2 Å². The van der Waals surface area contributed by atoms with Crippen molar-refractivity contribution in [2.75, 3.05) is 13.6 Å². The van der Waals surface area contributed by atoms with Gasteiger partial charge in [0.2, 0.25) is 11.8 Å². The van der Waals surface area contributed by atoms with E-state index in [1.807, 2.05) is 6.07 Å². The van der Waals surface area contributed by atoms with Gasteiger partial charge in [-0.3, -0.25) is 9.59 Å². The van der Waals surface area contributed by atoms with Crippen molar-refractivity contribution in [2.45, 2.75) is 63.5 Å². The number of amides is 2. The standard InChI is InChI=1S/C21H31N3O3/c1-13-18-11-15-6-7-16(25)12-17(15)21(13,9-10-24(18)3)8-4-5-19(26)23-14(2)20(22)27/h6-7,12-14,18,25H,4-5,8-11H2,1-3H3,(H2,22,27)(H,23,26)/t13-,14-,18+,21+/m0/s1. The third-order valence-corrected chi connectivity index (χ3v) is 6.82. The predicted molar refractivity (Wildman–Crippen MR) is 104 cm³/mol. The Morgan fingerprint density at radius 3 is 2.89 bits per heavy atom. The zero-order chi connectivity index (χ0) is 19.8. The van der Waals surface area contributed by atoms with Crippen LogP contribution in [0, 0.1) is 5.92 Å². The molecule has 0 aromatic heterocycles. The molecule has 1 aliphatic heterocycles. The Kier molecular flexibility index (Phi) is 5.47. The molecular formula is C21H31N3O3. The third kappa shape index (κ3) is 3.68. The monoisotopic (exact) mass is 373 g/mol. The number of nitrogens with two attached hydrogens (primary N) is 1. The number of carbonyl (C=O) groups excluding carboxylic acids is 2. The second kappa shape index (κ2) is 7.50. The van der Waals surface area contributed by atoms with Crippen molar-refractivity contribution in [3.05, 3.63) is 29.3 Å². The van der Waals surface area contributed by atoms with Crippen LogP contribution in [-0.4, -0.2) is 47.5 Å². The highest BCUT2D eigenvalue weighted by Gasteiger charge is 2.49. The van der Waals surface area contributed by atoms with Gasteiger partial charge in [-0.15, -0.1) is 0 Å². The van der Waals surface area contributed by atoms with Gasteiger partial charge in [0.1, 0.15) is 11.8 Å². The SMILES string of the molecule is C[C@H](NC(=O)CCC[C@]12CCN(C)[C@H](Cc3ccc(O)cc31)[C@@H]2C)C(N)=O. The lowest BCUT2D eigenvalue weighted by molar-refractivity contribution is -0.127. The molecule has 1 aromatic rings. The number of likely N-dealkylation sites (N-methyl/N-ethyl adjacent to an activating group) is 1. The summed E-state index contributed by atoms with van der Waals surface area (Å²) in [6.45, 7) is 4.93. The van der Waals surface area contributed by atoms with E-state index in [1.165, 1.54) is 11.1 Å². The molecule has 2 amide bonds. The molecule has 3 rings (SSSR count). The number of phenolic OH excluding ortho intramolecular Hbond substituents is 1. The quantitative estimate of drug-likeness (QED) is 0.707. The van der Waals surface area contributed by atoms with Gasteiger partial charge in [0.25, 0.3) is 0 Å². The van der Waals surface area contributed by atoms with Crippen molar-refractivity contribution >= 4 is 11.8 Å². The Balaban J connectivity index is 1.77. The molecule has 4 atom stereocenters. The number of primary amides is 1. The van der Waals surface area contributed by atoms with Crippen LogP contribution in [0.1, 0.15) is 50.7 Å². The van der Waals surface area contributed by atoms with Crippen LogP contribution in [0.4, 0.5) is 0 Å². The van der Waals surface area contributed by atoms with Crippen LogP contribution in [0.2, 0.25) is 0 Å². The largest absolute Gasteiger partial charge is 0.508 e.